The number of alkyl carbamates (subject to hydrolysis) is 1. The first-order valence-corrected chi connectivity index (χ1v) is 12.7. The standard InChI is InChI=1S/C26H38F3N5O4/c1-6-12-32(13-11-30)22(35)21(31-23(36)38-25(3,4)5)17-33-16-20(7-2)34(24(33)37)15-18-9-8-10-19(14-18)26(27,28)29/h8-10,14,20-21,24,37H,6-7,12-13,15-17H2,1-5H3,(H,31,36)/t20-,21-,24?/m0/s1. The van der Waals surface area contributed by atoms with Crippen molar-refractivity contribution >= 4 is 12.0 Å². The van der Waals surface area contributed by atoms with Gasteiger partial charge in [0.2, 0.25) is 5.91 Å². The van der Waals surface area contributed by atoms with E-state index in [1.807, 2.05) is 19.9 Å². The number of rotatable bonds is 10. The number of ether oxygens (including phenoxy) is 1. The fourth-order valence-electron chi connectivity index (χ4n) is 4.38. The summed E-state index contributed by atoms with van der Waals surface area (Å²) in [5, 5.41) is 22.9. The molecule has 0 bridgehead atoms. The molecule has 0 radical (unpaired) electrons. The maximum absolute atomic E-state index is 13.3. The SMILES string of the molecule is CCCN(CC#N)C(=O)[C@H](CN1C[C@H](CC)N(Cc2cccc(C(F)(F)F)c2)C1O)NC(=O)OC(C)(C)C. The number of benzene rings is 1. The quantitative estimate of drug-likeness (QED) is 0.436. The van der Waals surface area contributed by atoms with Gasteiger partial charge in [0.1, 0.15) is 18.2 Å². The van der Waals surface area contributed by atoms with E-state index in [0.29, 0.717) is 31.5 Å². The summed E-state index contributed by atoms with van der Waals surface area (Å²) >= 11 is 0. The number of halogens is 3. The molecule has 1 unspecified atom stereocenters. The van der Waals surface area contributed by atoms with Crippen LogP contribution in [0, 0.1) is 11.3 Å². The largest absolute Gasteiger partial charge is 0.444 e. The lowest BCUT2D eigenvalue weighted by atomic mass is 10.1. The van der Waals surface area contributed by atoms with Crippen LogP contribution >= 0.6 is 0 Å². The van der Waals surface area contributed by atoms with Crippen LogP contribution in [0.15, 0.2) is 24.3 Å². The minimum atomic E-state index is -4.48. The number of nitrogens with one attached hydrogen (secondary N) is 1. The van der Waals surface area contributed by atoms with E-state index >= 15 is 0 Å². The molecule has 1 heterocycles. The third kappa shape index (κ3) is 8.85. The van der Waals surface area contributed by atoms with Crippen molar-refractivity contribution in [2.45, 2.75) is 84.2 Å². The van der Waals surface area contributed by atoms with Gasteiger partial charge in [-0.05, 0) is 45.2 Å². The molecule has 3 atom stereocenters. The van der Waals surface area contributed by atoms with Gasteiger partial charge in [-0.1, -0.05) is 32.0 Å². The summed E-state index contributed by atoms with van der Waals surface area (Å²) < 4.78 is 44.9. The topological polar surface area (TPSA) is 109 Å². The monoisotopic (exact) mass is 541 g/mol. The lowest BCUT2D eigenvalue weighted by Gasteiger charge is -2.32. The van der Waals surface area contributed by atoms with Gasteiger partial charge < -0.3 is 20.1 Å². The molecule has 1 aromatic carbocycles. The average Bonchev–Trinajstić information content (AvgIpc) is 3.10. The van der Waals surface area contributed by atoms with Crippen LogP contribution in [0.4, 0.5) is 18.0 Å². The van der Waals surface area contributed by atoms with E-state index in [0.717, 1.165) is 12.1 Å². The smallest absolute Gasteiger partial charge is 0.416 e. The lowest BCUT2D eigenvalue weighted by molar-refractivity contribution is -0.137. The Hall–Kier alpha value is -2.88. The maximum atomic E-state index is 13.3. The molecule has 0 saturated carbocycles. The molecule has 0 aromatic heterocycles. The number of nitrogens with zero attached hydrogens (tertiary/aromatic N) is 4. The fraction of sp³-hybridized carbons (Fsp3) is 0.654. The van der Waals surface area contributed by atoms with Crippen LogP contribution in [0.3, 0.4) is 0 Å². The van der Waals surface area contributed by atoms with Crippen molar-refractivity contribution < 1.29 is 32.6 Å². The summed E-state index contributed by atoms with van der Waals surface area (Å²) in [5.74, 6) is -0.490. The zero-order valence-corrected chi connectivity index (χ0v) is 22.6. The molecule has 1 saturated heterocycles. The molecule has 1 aromatic rings. The number of nitriles is 1. The maximum Gasteiger partial charge on any atom is 0.416 e. The summed E-state index contributed by atoms with van der Waals surface area (Å²) in [6.45, 7) is 9.25. The number of hydrogen-bond acceptors (Lipinski definition) is 7. The first-order chi connectivity index (χ1) is 17.7. The van der Waals surface area contributed by atoms with E-state index in [1.54, 1.807) is 36.6 Å². The van der Waals surface area contributed by atoms with Crippen molar-refractivity contribution in [2.24, 2.45) is 0 Å². The third-order valence-corrected chi connectivity index (χ3v) is 6.10. The van der Waals surface area contributed by atoms with Gasteiger partial charge in [-0.3, -0.25) is 14.6 Å². The summed E-state index contributed by atoms with van der Waals surface area (Å²) in [4.78, 5) is 30.5. The Morgan fingerprint density at radius 2 is 1.97 bits per heavy atom. The Morgan fingerprint density at radius 1 is 1.29 bits per heavy atom. The first kappa shape index (κ1) is 31.3. The van der Waals surface area contributed by atoms with E-state index in [2.05, 4.69) is 5.32 Å². The van der Waals surface area contributed by atoms with Crippen molar-refractivity contribution in [3.8, 4) is 6.07 Å². The molecular weight excluding hydrogens is 503 g/mol. The summed E-state index contributed by atoms with van der Waals surface area (Å²) in [5.41, 5.74) is -1.19. The van der Waals surface area contributed by atoms with Crippen LogP contribution in [0.2, 0.25) is 0 Å². The first-order valence-electron chi connectivity index (χ1n) is 12.7. The van der Waals surface area contributed by atoms with Gasteiger partial charge in [-0.2, -0.15) is 18.4 Å². The number of amides is 2. The van der Waals surface area contributed by atoms with Crippen LogP contribution in [0.5, 0.6) is 0 Å². The highest BCUT2D eigenvalue weighted by Gasteiger charge is 2.41. The normalized spacial score (nSPS) is 19.6. The highest BCUT2D eigenvalue weighted by atomic mass is 19.4. The lowest BCUT2D eigenvalue weighted by Crippen LogP contribution is -2.56. The van der Waals surface area contributed by atoms with Crippen molar-refractivity contribution in [1.29, 1.82) is 5.26 Å². The Labute approximate surface area is 222 Å². The predicted octanol–water partition coefficient (Wildman–Crippen LogP) is 3.53. The Bertz CT molecular complexity index is 992. The van der Waals surface area contributed by atoms with Gasteiger partial charge >= 0.3 is 12.3 Å². The van der Waals surface area contributed by atoms with E-state index in [4.69, 9.17) is 4.74 Å². The van der Waals surface area contributed by atoms with Crippen LogP contribution < -0.4 is 5.32 Å². The average molecular weight is 542 g/mol. The molecule has 0 aliphatic carbocycles. The molecule has 38 heavy (non-hydrogen) atoms. The molecule has 9 nitrogen and oxygen atoms in total. The minimum absolute atomic E-state index is 0.0641. The van der Waals surface area contributed by atoms with E-state index in [1.165, 1.54) is 11.0 Å². The number of carbonyl (C=O) groups excluding carboxylic acids is 2. The van der Waals surface area contributed by atoms with Crippen LogP contribution in [0.25, 0.3) is 0 Å². The Kier molecular flexibility index (Phi) is 10.9. The number of alkyl halides is 3. The molecule has 1 aliphatic rings. The van der Waals surface area contributed by atoms with E-state index in [-0.39, 0.29) is 25.7 Å². The Balaban J connectivity index is 2.27. The molecule has 2 rings (SSSR count). The minimum Gasteiger partial charge on any atom is -0.444 e. The molecule has 12 heteroatoms. The molecule has 212 valence electrons. The van der Waals surface area contributed by atoms with Gasteiger partial charge in [0, 0.05) is 32.2 Å². The molecule has 2 N–H and O–H groups in total. The van der Waals surface area contributed by atoms with Crippen molar-refractivity contribution in [3.05, 3.63) is 35.4 Å². The molecule has 1 aliphatic heterocycles. The van der Waals surface area contributed by atoms with Crippen molar-refractivity contribution in [3.63, 3.8) is 0 Å². The molecular formula is C26H38F3N5O4. The van der Waals surface area contributed by atoms with Gasteiger partial charge in [0.15, 0.2) is 6.35 Å². The highest BCUT2D eigenvalue weighted by molar-refractivity contribution is 5.86. The van der Waals surface area contributed by atoms with Crippen LogP contribution in [0.1, 0.15) is 58.6 Å². The van der Waals surface area contributed by atoms with E-state index < -0.39 is 41.7 Å². The van der Waals surface area contributed by atoms with Gasteiger partial charge in [0.25, 0.3) is 0 Å². The van der Waals surface area contributed by atoms with Crippen LogP contribution in [-0.2, 0) is 22.3 Å². The van der Waals surface area contributed by atoms with Gasteiger partial charge in [-0.25, -0.2) is 4.79 Å². The van der Waals surface area contributed by atoms with E-state index in [9.17, 15) is 33.1 Å². The molecule has 1 fully saturated rings. The molecule has 2 amide bonds. The van der Waals surface area contributed by atoms with Crippen LogP contribution in [-0.4, -0.2) is 82.0 Å². The van der Waals surface area contributed by atoms with Gasteiger partial charge in [-0.15, -0.1) is 0 Å². The second kappa shape index (κ2) is 13.3. The number of aliphatic hydroxyl groups is 1. The Morgan fingerprint density at radius 3 is 2.53 bits per heavy atom. The molecule has 0 spiro atoms. The number of aliphatic hydroxyl groups excluding tert-OH is 1. The highest BCUT2D eigenvalue weighted by Crippen LogP contribution is 2.31. The summed E-state index contributed by atoms with van der Waals surface area (Å²) in [6.07, 6.45) is -5.31. The zero-order chi connectivity index (χ0) is 28.7. The summed E-state index contributed by atoms with van der Waals surface area (Å²) in [6, 6.07) is 5.58. The zero-order valence-electron chi connectivity index (χ0n) is 22.6. The number of carbonyl (C=O) groups is 2. The third-order valence-electron chi connectivity index (χ3n) is 6.10. The predicted molar refractivity (Wildman–Crippen MR) is 134 cm³/mol. The second-order valence-electron chi connectivity index (χ2n) is 10.3. The fourth-order valence-corrected chi connectivity index (χ4v) is 4.38. The summed E-state index contributed by atoms with van der Waals surface area (Å²) in [7, 11) is 0. The number of hydrogen-bond donors (Lipinski definition) is 2. The van der Waals surface area contributed by atoms with Crippen molar-refractivity contribution in [1.82, 2.24) is 20.0 Å². The van der Waals surface area contributed by atoms with Gasteiger partial charge in [0.05, 0.1) is 11.6 Å². The van der Waals surface area contributed by atoms with Crippen molar-refractivity contribution in [2.75, 3.05) is 26.2 Å². The second-order valence-corrected chi connectivity index (χ2v) is 10.3.